The third-order valence-corrected chi connectivity index (χ3v) is 5.40. The summed E-state index contributed by atoms with van der Waals surface area (Å²) in [5, 5.41) is 3.78. The summed E-state index contributed by atoms with van der Waals surface area (Å²) in [6.07, 6.45) is -0.600. The van der Waals surface area contributed by atoms with Crippen molar-refractivity contribution in [3.05, 3.63) is 47.7 Å². The number of amidine groups is 1. The molecule has 1 heterocycles. The quantitative estimate of drug-likeness (QED) is 0.104. The number of hydrogen-bond acceptors (Lipinski definition) is 10. The zero-order chi connectivity index (χ0) is 28.5. The van der Waals surface area contributed by atoms with Gasteiger partial charge in [0.05, 0.1) is 26.8 Å². The van der Waals surface area contributed by atoms with Crippen LogP contribution in [-0.2, 0) is 40.0 Å². The van der Waals surface area contributed by atoms with Gasteiger partial charge >= 0.3 is 24.1 Å². The predicted octanol–water partition coefficient (Wildman–Crippen LogP) is 2.15. The van der Waals surface area contributed by atoms with Crippen LogP contribution in [0.15, 0.2) is 47.3 Å². The molecule has 0 spiro atoms. The molecule has 13 nitrogen and oxygen atoms in total. The fourth-order valence-corrected chi connectivity index (χ4v) is 3.38. The van der Waals surface area contributed by atoms with Crippen LogP contribution in [0, 0.1) is 0 Å². The number of carbonyl (C=O) groups excluding carboxylic acids is 4. The van der Waals surface area contributed by atoms with Crippen LogP contribution in [-0.4, -0.2) is 84.8 Å². The molecule has 0 bridgehead atoms. The summed E-state index contributed by atoms with van der Waals surface area (Å²) < 4.78 is 20.0. The van der Waals surface area contributed by atoms with E-state index in [9.17, 15) is 19.2 Å². The number of ether oxygens (including phenoxy) is 4. The number of benzene rings is 1. The number of methoxy groups -OCH3 is 2. The number of oxime groups is 1. The van der Waals surface area contributed by atoms with Crippen LogP contribution in [0.4, 0.5) is 9.59 Å². The minimum Gasteiger partial charge on any atom is -0.466 e. The molecule has 1 aromatic carbocycles. The lowest BCUT2D eigenvalue weighted by Gasteiger charge is -2.47. The Morgan fingerprint density at radius 3 is 2.29 bits per heavy atom. The summed E-state index contributed by atoms with van der Waals surface area (Å²) in [7, 11) is 2.19. The van der Waals surface area contributed by atoms with Gasteiger partial charge in [0.25, 0.3) is 0 Å². The van der Waals surface area contributed by atoms with Gasteiger partial charge in [-0.25, -0.2) is 19.2 Å². The van der Waals surface area contributed by atoms with E-state index < -0.39 is 41.0 Å². The molecule has 0 saturated carbocycles. The summed E-state index contributed by atoms with van der Waals surface area (Å²) in [4.78, 5) is 57.4. The molecule has 208 valence electrons. The molecule has 0 radical (unpaired) electrons. The lowest BCUT2D eigenvalue weighted by molar-refractivity contribution is -0.142. The number of amides is 2. The second-order valence-electron chi connectivity index (χ2n) is 9.46. The van der Waals surface area contributed by atoms with Crippen molar-refractivity contribution in [3.8, 4) is 0 Å². The highest BCUT2D eigenvalue weighted by atomic mass is 16.7. The molecule has 1 fully saturated rings. The van der Waals surface area contributed by atoms with Gasteiger partial charge < -0.3 is 34.4 Å². The highest BCUT2D eigenvalue weighted by Gasteiger charge is 2.47. The van der Waals surface area contributed by atoms with Crippen molar-refractivity contribution in [2.24, 2.45) is 10.9 Å². The van der Waals surface area contributed by atoms with Gasteiger partial charge in [-0.1, -0.05) is 35.5 Å². The summed E-state index contributed by atoms with van der Waals surface area (Å²) in [5.74, 6) is -2.81. The van der Waals surface area contributed by atoms with Gasteiger partial charge in [0.1, 0.15) is 17.7 Å². The molecule has 0 aromatic heterocycles. The van der Waals surface area contributed by atoms with E-state index in [-0.39, 0.29) is 32.1 Å². The normalized spacial score (nSPS) is 18.4. The van der Waals surface area contributed by atoms with Crippen LogP contribution >= 0.6 is 0 Å². The Labute approximate surface area is 221 Å². The SMILES string of the molecule is COC(=O)C=C(O/N=C(\N)C1(C)CN(C(=O)OC(C)(C)C)CCN1C(=O)OCc1ccccc1)C(=O)OC. The van der Waals surface area contributed by atoms with Gasteiger partial charge in [-0.3, -0.25) is 4.90 Å². The zero-order valence-electron chi connectivity index (χ0n) is 22.4. The van der Waals surface area contributed by atoms with Crippen molar-refractivity contribution in [1.82, 2.24) is 9.80 Å². The lowest BCUT2D eigenvalue weighted by Crippen LogP contribution is -2.68. The molecule has 1 aromatic rings. The number of nitrogens with two attached hydrogens (primary N) is 1. The first-order chi connectivity index (χ1) is 17.8. The lowest BCUT2D eigenvalue weighted by atomic mass is 9.95. The molecular formula is C25H34N4O9. The molecule has 1 aliphatic heterocycles. The first kappa shape index (κ1) is 29.9. The van der Waals surface area contributed by atoms with Crippen LogP contribution < -0.4 is 5.73 Å². The maximum absolute atomic E-state index is 13.1. The van der Waals surface area contributed by atoms with E-state index in [1.807, 2.05) is 18.2 Å². The van der Waals surface area contributed by atoms with Crippen molar-refractivity contribution in [2.45, 2.75) is 45.4 Å². The largest absolute Gasteiger partial charge is 0.466 e. The third-order valence-electron chi connectivity index (χ3n) is 5.40. The minimum absolute atomic E-state index is 0.00391. The molecule has 0 aliphatic carbocycles. The Hall–Kier alpha value is -4.29. The van der Waals surface area contributed by atoms with Crippen molar-refractivity contribution >= 4 is 30.0 Å². The Morgan fingerprint density at radius 2 is 1.71 bits per heavy atom. The average Bonchev–Trinajstić information content (AvgIpc) is 2.88. The molecular weight excluding hydrogens is 500 g/mol. The Morgan fingerprint density at radius 1 is 1.05 bits per heavy atom. The predicted molar refractivity (Wildman–Crippen MR) is 134 cm³/mol. The summed E-state index contributed by atoms with van der Waals surface area (Å²) in [6, 6.07) is 9.08. The van der Waals surface area contributed by atoms with E-state index in [0.29, 0.717) is 0 Å². The van der Waals surface area contributed by atoms with E-state index in [2.05, 4.69) is 14.6 Å². The van der Waals surface area contributed by atoms with E-state index in [0.717, 1.165) is 25.9 Å². The van der Waals surface area contributed by atoms with E-state index in [1.54, 1.807) is 39.8 Å². The first-order valence-corrected chi connectivity index (χ1v) is 11.7. The molecule has 1 unspecified atom stereocenters. The van der Waals surface area contributed by atoms with Crippen molar-refractivity contribution in [3.63, 3.8) is 0 Å². The van der Waals surface area contributed by atoms with Crippen LogP contribution in [0.25, 0.3) is 0 Å². The molecule has 1 atom stereocenters. The monoisotopic (exact) mass is 534 g/mol. The van der Waals surface area contributed by atoms with E-state index in [4.69, 9.17) is 20.0 Å². The Balaban J connectivity index is 2.36. The average molecular weight is 535 g/mol. The highest BCUT2D eigenvalue weighted by Crippen LogP contribution is 2.25. The number of hydrogen-bond donors (Lipinski definition) is 1. The Bertz CT molecular complexity index is 1080. The topological polar surface area (TPSA) is 159 Å². The molecule has 2 N–H and O–H groups in total. The molecule has 2 rings (SSSR count). The second-order valence-corrected chi connectivity index (χ2v) is 9.46. The maximum atomic E-state index is 13.1. The molecule has 1 aliphatic rings. The summed E-state index contributed by atoms with van der Waals surface area (Å²) in [5.41, 5.74) is 4.83. The molecule has 38 heavy (non-hydrogen) atoms. The van der Waals surface area contributed by atoms with E-state index in [1.165, 1.54) is 9.80 Å². The van der Waals surface area contributed by atoms with Gasteiger partial charge in [-0.05, 0) is 33.3 Å². The van der Waals surface area contributed by atoms with Crippen molar-refractivity contribution < 1.29 is 43.0 Å². The number of piperazine rings is 1. The molecule has 2 amide bonds. The van der Waals surface area contributed by atoms with Crippen LogP contribution in [0.3, 0.4) is 0 Å². The van der Waals surface area contributed by atoms with E-state index >= 15 is 0 Å². The van der Waals surface area contributed by atoms with Gasteiger partial charge in [-0.15, -0.1) is 0 Å². The molecule has 1 saturated heterocycles. The van der Waals surface area contributed by atoms with Crippen molar-refractivity contribution in [1.29, 1.82) is 0 Å². The van der Waals surface area contributed by atoms with Gasteiger partial charge in [-0.2, -0.15) is 0 Å². The smallest absolute Gasteiger partial charge is 0.411 e. The third kappa shape index (κ3) is 8.11. The zero-order valence-corrected chi connectivity index (χ0v) is 22.4. The van der Waals surface area contributed by atoms with Gasteiger partial charge in [0.2, 0.25) is 5.76 Å². The number of rotatable bonds is 7. The number of nitrogens with zero attached hydrogens (tertiary/aromatic N) is 3. The highest BCUT2D eigenvalue weighted by molar-refractivity contribution is 5.96. The fraction of sp³-hybridized carbons (Fsp3) is 0.480. The van der Waals surface area contributed by atoms with Crippen LogP contribution in [0.1, 0.15) is 33.3 Å². The minimum atomic E-state index is -1.45. The first-order valence-electron chi connectivity index (χ1n) is 11.7. The number of carbonyl (C=O) groups is 4. The maximum Gasteiger partial charge on any atom is 0.411 e. The van der Waals surface area contributed by atoms with Crippen molar-refractivity contribution in [2.75, 3.05) is 33.9 Å². The van der Waals surface area contributed by atoms with Crippen LogP contribution in [0.5, 0.6) is 0 Å². The summed E-state index contributed by atoms with van der Waals surface area (Å²) >= 11 is 0. The molecule has 13 heteroatoms. The standard InChI is InChI=1S/C25H34N4O9/c1-24(2,3)37-22(32)28-12-13-29(23(33)36-15-17-10-8-7-9-11-17)25(4,16-28)21(26)27-38-18(20(31)35-6)14-19(30)34-5/h7-11,14H,12-13,15-16H2,1-6H3,(H2,26,27). The number of esters is 2. The van der Waals surface area contributed by atoms with Gasteiger partial charge in [0, 0.05) is 13.1 Å². The summed E-state index contributed by atoms with van der Waals surface area (Å²) in [6.45, 7) is 6.78. The van der Waals surface area contributed by atoms with Crippen LogP contribution in [0.2, 0.25) is 0 Å². The Kier molecular flexibility index (Phi) is 10.1. The second kappa shape index (κ2) is 12.8. The fourth-order valence-electron chi connectivity index (χ4n) is 3.38. The van der Waals surface area contributed by atoms with Gasteiger partial charge in [0.15, 0.2) is 5.84 Å².